The summed E-state index contributed by atoms with van der Waals surface area (Å²) in [6.45, 7) is 0. The predicted octanol–water partition coefficient (Wildman–Crippen LogP) is 4.36. The zero-order chi connectivity index (χ0) is 12.9. The molecule has 1 aliphatic rings. The van der Waals surface area contributed by atoms with E-state index in [0.717, 1.165) is 17.2 Å². The Balaban J connectivity index is 0.000000117. The van der Waals surface area contributed by atoms with Gasteiger partial charge in [0.25, 0.3) is 0 Å². The zero-order valence-electron chi connectivity index (χ0n) is 10.3. The van der Waals surface area contributed by atoms with Crippen molar-refractivity contribution in [2.24, 2.45) is 0 Å². The molecule has 19 heavy (non-hydrogen) atoms. The molecule has 3 aromatic rings. The lowest BCUT2D eigenvalue weighted by Gasteiger charge is -1.92. The fourth-order valence-electron chi connectivity index (χ4n) is 1.86. The third kappa shape index (κ3) is 2.88. The van der Waals surface area contributed by atoms with Gasteiger partial charge in [0.2, 0.25) is 0 Å². The molecule has 0 saturated heterocycles. The molecule has 0 bridgehead atoms. The van der Waals surface area contributed by atoms with Gasteiger partial charge in [-0.05, 0) is 24.3 Å². The molecule has 2 aromatic carbocycles. The van der Waals surface area contributed by atoms with E-state index >= 15 is 0 Å². The van der Waals surface area contributed by atoms with E-state index < -0.39 is 0 Å². The summed E-state index contributed by atoms with van der Waals surface area (Å²) in [7, 11) is 0. The highest BCUT2D eigenvalue weighted by atomic mass is 32.2. The average Bonchev–Trinajstić information content (AvgIpc) is 2.96. The van der Waals surface area contributed by atoms with Crippen LogP contribution in [0.4, 0.5) is 0 Å². The largest absolute Gasteiger partial charge is 0.481 e. The Bertz CT molecular complexity index is 596. The number of benzene rings is 2. The third-order valence-electron chi connectivity index (χ3n) is 2.79. The Kier molecular flexibility index (Phi) is 3.65. The van der Waals surface area contributed by atoms with Gasteiger partial charge in [-0.2, -0.15) is 0 Å². The van der Waals surface area contributed by atoms with Crippen molar-refractivity contribution in [1.29, 1.82) is 0 Å². The van der Waals surface area contributed by atoms with Crippen LogP contribution in [0, 0.1) is 0 Å². The van der Waals surface area contributed by atoms with Gasteiger partial charge in [-0.1, -0.05) is 48.2 Å². The lowest BCUT2D eigenvalue weighted by molar-refractivity contribution is 0.397. The minimum atomic E-state index is 0.777. The number of nitrogens with zero attached hydrogens (tertiary/aromatic N) is 1. The Morgan fingerprint density at radius 1 is 0.895 bits per heavy atom. The van der Waals surface area contributed by atoms with Crippen LogP contribution in [-0.4, -0.2) is 10.9 Å². The van der Waals surface area contributed by atoms with Crippen molar-refractivity contribution in [2.75, 3.05) is 5.94 Å². The minimum Gasteiger partial charge on any atom is -0.481 e. The first kappa shape index (κ1) is 12.1. The van der Waals surface area contributed by atoms with Crippen molar-refractivity contribution in [3.05, 3.63) is 66.9 Å². The molecule has 0 saturated carbocycles. The summed E-state index contributed by atoms with van der Waals surface area (Å²) < 4.78 is 5.26. The van der Waals surface area contributed by atoms with E-state index in [1.165, 1.54) is 10.3 Å². The Hall–Kier alpha value is -2.00. The highest BCUT2D eigenvalue weighted by Gasteiger charge is 2.09. The summed E-state index contributed by atoms with van der Waals surface area (Å²) >= 11 is 1.75. The van der Waals surface area contributed by atoms with Crippen LogP contribution in [0.15, 0.2) is 71.8 Å². The van der Waals surface area contributed by atoms with E-state index in [1.807, 2.05) is 48.7 Å². The summed E-state index contributed by atoms with van der Waals surface area (Å²) in [6.07, 6.45) is 1.81. The molecule has 0 aliphatic carbocycles. The topological polar surface area (TPSA) is 22.1 Å². The van der Waals surface area contributed by atoms with Crippen LogP contribution < -0.4 is 4.74 Å². The van der Waals surface area contributed by atoms with Crippen molar-refractivity contribution in [2.45, 2.75) is 4.90 Å². The van der Waals surface area contributed by atoms with E-state index in [2.05, 4.69) is 23.2 Å². The number of aromatic nitrogens is 1. The maximum atomic E-state index is 5.26. The summed E-state index contributed by atoms with van der Waals surface area (Å²) in [5.41, 5.74) is 1.06. The number of pyridine rings is 1. The summed E-state index contributed by atoms with van der Waals surface area (Å²) in [4.78, 5) is 5.44. The monoisotopic (exact) mass is 267 g/mol. The Morgan fingerprint density at radius 3 is 2.58 bits per heavy atom. The summed E-state index contributed by atoms with van der Waals surface area (Å²) in [5.74, 6) is 1.81. The van der Waals surface area contributed by atoms with Gasteiger partial charge in [-0.3, -0.25) is 4.98 Å². The molecule has 0 N–H and O–H groups in total. The number of thioether (sulfide) groups is 1. The first-order valence-electron chi connectivity index (χ1n) is 6.08. The molecule has 4 rings (SSSR count). The van der Waals surface area contributed by atoms with Gasteiger partial charge in [0, 0.05) is 11.6 Å². The smallest absolute Gasteiger partial charge is 0.138 e. The van der Waals surface area contributed by atoms with Crippen LogP contribution in [-0.2, 0) is 0 Å². The van der Waals surface area contributed by atoms with Crippen molar-refractivity contribution in [3.63, 3.8) is 0 Å². The molecular weight excluding hydrogens is 254 g/mol. The standard InChI is InChI=1S/C9H7N.C7H6OS/c1-2-6-9-8(4-1)5-3-7-10-9;1-2-4-7-6(3-1)8-5-9-7/h1-7H;1-4H,5H2. The first-order valence-corrected chi connectivity index (χ1v) is 7.06. The molecular formula is C16H13NOS. The molecule has 1 aliphatic heterocycles. The van der Waals surface area contributed by atoms with E-state index in [1.54, 1.807) is 11.8 Å². The number of ether oxygens (including phenoxy) is 1. The first-order chi connectivity index (χ1) is 9.43. The Labute approximate surface area is 116 Å². The number of hydrogen-bond donors (Lipinski definition) is 0. The highest BCUT2D eigenvalue weighted by molar-refractivity contribution is 7.99. The zero-order valence-corrected chi connectivity index (χ0v) is 11.1. The van der Waals surface area contributed by atoms with Crippen LogP contribution in [0.25, 0.3) is 10.9 Å². The van der Waals surface area contributed by atoms with E-state index in [9.17, 15) is 0 Å². The molecule has 3 heteroatoms. The van der Waals surface area contributed by atoms with Gasteiger partial charge in [-0.25, -0.2) is 0 Å². The quantitative estimate of drug-likeness (QED) is 0.604. The van der Waals surface area contributed by atoms with E-state index in [-0.39, 0.29) is 0 Å². The summed E-state index contributed by atoms with van der Waals surface area (Å²) in [6, 6.07) is 20.2. The number of para-hydroxylation sites is 2. The van der Waals surface area contributed by atoms with Crippen molar-refractivity contribution in [3.8, 4) is 5.75 Å². The van der Waals surface area contributed by atoms with Gasteiger partial charge in [0.1, 0.15) is 11.7 Å². The molecule has 0 atom stereocenters. The average molecular weight is 267 g/mol. The van der Waals surface area contributed by atoms with Crippen molar-refractivity contribution in [1.82, 2.24) is 4.98 Å². The SMILES string of the molecule is c1ccc2c(c1)OCS2.c1ccc2ncccc2c1. The van der Waals surface area contributed by atoms with Gasteiger partial charge in [0.05, 0.1) is 10.4 Å². The normalized spacial score (nSPS) is 12.2. The fourth-order valence-corrected chi connectivity index (χ4v) is 2.62. The van der Waals surface area contributed by atoms with Gasteiger partial charge < -0.3 is 4.74 Å². The van der Waals surface area contributed by atoms with E-state index in [0.29, 0.717) is 0 Å². The summed E-state index contributed by atoms with van der Waals surface area (Å²) in [5, 5.41) is 1.20. The second kappa shape index (κ2) is 5.76. The molecule has 0 radical (unpaired) electrons. The third-order valence-corrected chi connectivity index (χ3v) is 3.67. The number of hydrogen-bond acceptors (Lipinski definition) is 3. The maximum absolute atomic E-state index is 5.26. The van der Waals surface area contributed by atoms with Crippen molar-refractivity contribution >= 4 is 22.7 Å². The molecule has 0 unspecified atom stereocenters. The second-order valence-electron chi connectivity index (χ2n) is 4.05. The van der Waals surface area contributed by atoms with Crippen molar-refractivity contribution < 1.29 is 4.74 Å². The maximum Gasteiger partial charge on any atom is 0.138 e. The molecule has 1 aromatic heterocycles. The van der Waals surface area contributed by atoms with Gasteiger partial charge in [-0.15, -0.1) is 0 Å². The van der Waals surface area contributed by atoms with E-state index in [4.69, 9.17) is 4.74 Å². The highest BCUT2D eigenvalue weighted by Crippen LogP contribution is 2.34. The fraction of sp³-hybridized carbons (Fsp3) is 0.0625. The van der Waals surface area contributed by atoms with Crippen LogP contribution in [0.3, 0.4) is 0 Å². The van der Waals surface area contributed by atoms with Crippen LogP contribution in [0.2, 0.25) is 0 Å². The molecule has 0 spiro atoms. The molecule has 0 fully saturated rings. The number of rotatable bonds is 0. The van der Waals surface area contributed by atoms with Gasteiger partial charge in [0.15, 0.2) is 0 Å². The number of fused-ring (bicyclic) bond motifs is 2. The van der Waals surface area contributed by atoms with Crippen LogP contribution in [0.5, 0.6) is 5.75 Å². The minimum absolute atomic E-state index is 0.777. The lowest BCUT2D eigenvalue weighted by Crippen LogP contribution is -1.80. The molecule has 2 heterocycles. The van der Waals surface area contributed by atoms with Crippen LogP contribution >= 0.6 is 11.8 Å². The Morgan fingerprint density at radius 2 is 1.68 bits per heavy atom. The molecule has 0 amide bonds. The predicted molar refractivity (Wildman–Crippen MR) is 79.5 cm³/mol. The molecule has 2 nitrogen and oxygen atoms in total. The van der Waals surface area contributed by atoms with Crippen LogP contribution in [0.1, 0.15) is 0 Å². The lowest BCUT2D eigenvalue weighted by atomic mass is 10.2. The molecule has 94 valence electrons. The second-order valence-corrected chi connectivity index (χ2v) is 5.01. The van der Waals surface area contributed by atoms with Gasteiger partial charge >= 0.3 is 0 Å².